The van der Waals surface area contributed by atoms with Gasteiger partial charge in [-0.05, 0) is 31.0 Å². The van der Waals surface area contributed by atoms with Gasteiger partial charge in [-0.15, -0.1) is 0 Å². The number of halogens is 1. The van der Waals surface area contributed by atoms with E-state index >= 15 is 0 Å². The fourth-order valence-corrected chi connectivity index (χ4v) is 1.88. The van der Waals surface area contributed by atoms with E-state index in [2.05, 4.69) is 15.2 Å². The van der Waals surface area contributed by atoms with Crippen molar-refractivity contribution >= 4 is 0 Å². The van der Waals surface area contributed by atoms with Gasteiger partial charge in [0.05, 0.1) is 23.6 Å². The lowest BCUT2D eigenvalue weighted by Gasteiger charge is -2.16. The molecule has 2 N–H and O–H groups in total. The molecule has 2 rings (SSSR count). The van der Waals surface area contributed by atoms with Gasteiger partial charge in [-0.3, -0.25) is 4.98 Å². The first-order chi connectivity index (χ1) is 8.63. The van der Waals surface area contributed by atoms with Crippen molar-refractivity contribution in [3.05, 3.63) is 52.9 Å². The Hall–Kier alpha value is -1.88. The van der Waals surface area contributed by atoms with Crippen LogP contribution in [0.4, 0.5) is 4.39 Å². The molecule has 1 unspecified atom stereocenters. The molecule has 18 heavy (non-hydrogen) atoms. The van der Waals surface area contributed by atoms with Crippen molar-refractivity contribution in [2.24, 2.45) is 5.73 Å². The minimum Gasteiger partial charge on any atom is -0.320 e. The van der Waals surface area contributed by atoms with E-state index in [1.165, 1.54) is 12.4 Å². The molecule has 0 radical (unpaired) electrons. The van der Waals surface area contributed by atoms with Crippen LogP contribution in [-0.2, 0) is 6.42 Å². The van der Waals surface area contributed by atoms with Gasteiger partial charge in [0.15, 0.2) is 0 Å². The van der Waals surface area contributed by atoms with Gasteiger partial charge in [-0.2, -0.15) is 10.2 Å². The van der Waals surface area contributed by atoms with Crippen molar-refractivity contribution in [2.75, 3.05) is 0 Å². The van der Waals surface area contributed by atoms with Crippen LogP contribution < -0.4 is 5.73 Å². The summed E-state index contributed by atoms with van der Waals surface area (Å²) in [6.07, 6.45) is 3.41. The molecule has 0 aliphatic heterocycles. The molecule has 0 amide bonds. The number of aromatic nitrogens is 3. The van der Waals surface area contributed by atoms with Crippen molar-refractivity contribution in [3.63, 3.8) is 0 Å². The third-order valence-electron chi connectivity index (χ3n) is 2.83. The molecule has 0 aliphatic rings. The number of aryl methyl sites for hydroxylation is 2. The Morgan fingerprint density at radius 3 is 2.78 bits per heavy atom. The van der Waals surface area contributed by atoms with Gasteiger partial charge in [0.2, 0.25) is 0 Å². The molecule has 0 bridgehead atoms. The molecular weight excluding hydrogens is 231 g/mol. The van der Waals surface area contributed by atoms with Crippen LogP contribution >= 0.6 is 0 Å². The molecule has 0 aliphatic carbocycles. The van der Waals surface area contributed by atoms with E-state index in [1.807, 2.05) is 19.9 Å². The Balaban J connectivity index is 2.48. The molecule has 2 aromatic rings. The topological polar surface area (TPSA) is 64.7 Å². The molecule has 0 spiro atoms. The Kier molecular flexibility index (Phi) is 3.62. The van der Waals surface area contributed by atoms with Gasteiger partial charge < -0.3 is 5.73 Å². The van der Waals surface area contributed by atoms with Crippen molar-refractivity contribution in [3.8, 4) is 0 Å². The highest BCUT2D eigenvalue weighted by molar-refractivity contribution is 5.34. The van der Waals surface area contributed by atoms with Gasteiger partial charge in [-0.1, -0.05) is 6.92 Å². The van der Waals surface area contributed by atoms with Crippen LogP contribution in [0.1, 0.15) is 35.5 Å². The summed E-state index contributed by atoms with van der Waals surface area (Å²) in [6.45, 7) is 3.81. The standard InChI is InChI=1S/C13H15FN4/c1-3-12-10(6-8(2)17-18-12)13(15)9-4-5-16-7-11(9)14/h4-7,13H,3,15H2,1-2H3. The van der Waals surface area contributed by atoms with Crippen LogP contribution in [0.3, 0.4) is 0 Å². The lowest BCUT2D eigenvalue weighted by molar-refractivity contribution is 0.591. The highest BCUT2D eigenvalue weighted by Gasteiger charge is 2.17. The second-order valence-corrected chi connectivity index (χ2v) is 4.12. The lowest BCUT2D eigenvalue weighted by Crippen LogP contribution is -2.17. The third-order valence-corrected chi connectivity index (χ3v) is 2.83. The Labute approximate surface area is 105 Å². The summed E-state index contributed by atoms with van der Waals surface area (Å²) >= 11 is 0. The maximum atomic E-state index is 13.7. The first-order valence-electron chi connectivity index (χ1n) is 5.81. The van der Waals surface area contributed by atoms with Crippen LogP contribution in [0.5, 0.6) is 0 Å². The van der Waals surface area contributed by atoms with Crippen LogP contribution in [0, 0.1) is 12.7 Å². The second kappa shape index (κ2) is 5.18. The summed E-state index contributed by atoms with van der Waals surface area (Å²) in [5.41, 5.74) is 8.93. The van der Waals surface area contributed by atoms with Crippen molar-refractivity contribution in [1.82, 2.24) is 15.2 Å². The number of hydrogen-bond acceptors (Lipinski definition) is 4. The zero-order chi connectivity index (χ0) is 13.1. The molecule has 2 aromatic heterocycles. The Morgan fingerprint density at radius 2 is 2.11 bits per heavy atom. The van der Waals surface area contributed by atoms with Crippen molar-refractivity contribution < 1.29 is 4.39 Å². The predicted molar refractivity (Wildman–Crippen MR) is 66.4 cm³/mol. The highest BCUT2D eigenvalue weighted by Crippen LogP contribution is 2.24. The maximum absolute atomic E-state index is 13.7. The monoisotopic (exact) mass is 246 g/mol. The third kappa shape index (κ3) is 2.36. The highest BCUT2D eigenvalue weighted by atomic mass is 19.1. The molecule has 0 saturated carbocycles. The fraction of sp³-hybridized carbons (Fsp3) is 0.308. The molecule has 4 nitrogen and oxygen atoms in total. The van der Waals surface area contributed by atoms with Gasteiger partial charge in [0, 0.05) is 11.8 Å². The van der Waals surface area contributed by atoms with Gasteiger partial charge in [0.25, 0.3) is 0 Å². The zero-order valence-electron chi connectivity index (χ0n) is 10.4. The Bertz CT molecular complexity index is 556. The first kappa shape index (κ1) is 12.6. The molecule has 2 heterocycles. The first-order valence-corrected chi connectivity index (χ1v) is 5.81. The molecule has 0 fully saturated rings. The number of nitrogens with zero attached hydrogens (tertiary/aromatic N) is 3. The van der Waals surface area contributed by atoms with E-state index in [0.29, 0.717) is 12.0 Å². The van der Waals surface area contributed by atoms with E-state index in [0.717, 1.165) is 17.0 Å². The number of rotatable bonds is 3. The molecule has 94 valence electrons. The number of hydrogen-bond donors (Lipinski definition) is 1. The quantitative estimate of drug-likeness (QED) is 0.898. The summed E-state index contributed by atoms with van der Waals surface area (Å²) < 4.78 is 13.7. The van der Waals surface area contributed by atoms with Crippen LogP contribution in [0.25, 0.3) is 0 Å². The number of pyridine rings is 1. The SMILES string of the molecule is CCc1nnc(C)cc1C(N)c1ccncc1F. The van der Waals surface area contributed by atoms with E-state index in [-0.39, 0.29) is 0 Å². The van der Waals surface area contributed by atoms with Gasteiger partial charge >= 0.3 is 0 Å². The zero-order valence-corrected chi connectivity index (χ0v) is 10.4. The molecule has 1 atom stereocenters. The molecule has 5 heteroatoms. The fourth-order valence-electron chi connectivity index (χ4n) is 1.88. The number of nitrogens with two attached hydrogens (primary N) is 1. The smallest absolute Gasteiger partial charge is 0.146 e. The van der Waals surface area contributed by atoms with Crippen molar-refractivity contribution in [1.29, 1.82) is 0 Å². The summed E-state index contributed by atoms with van der Waals surface area (Å²) in [7, 11) is 0. The van der Waals surface area contributed by atoms with Gasteiger partial charge in [0.1, 0.15) is 5.82 Å². The maximum Gasteiger partial charge on any atom is 0.146 e. The summed E-state index contributed by atoms with van der Waals surface area (Å²) in [6, 6.07) is 2.91. The summed E-state index contributed by atoms with van der Waals surface area (Å²) in [5, 5.41) is 8.10. The van der Waals surface area contributed by atoms with E-state index < -0.39 is 11.9 Å². The largest absolute Gasteiger partial charge is 0.320 e. The average molecular weight is 246 g/mol. The van der Waals surface area contributed by atoms with Crippen LogP contribution in [0.2, 0.25) is 0 Å². The Morgan fingerprint density at radius 1 is 1.33 bits per heavy atom. The minimum atomic E-state index is -0.544. The van der Waals surface area contributed by atoms with Gasteiger partial charge in [-0.25, -0.2) is 4.39 Å². The van der Waals surface area contributed by atoms with E-state index in [9.17, 15) is 4.39 Å². The van der Waals surface area contributed by atoms with Crippen molar-refractivity contribution in [2.45, 2.75) is 26.3 Å². The van der Waals surface area contributed by atoms with E-state index in [1.54, 1.807) is 6.07 Å². The molecule has 0 aromatic carbocycles. The average Bonchev–Trinajstić information content (AvgIpc) is 2.38. The van der Waals surface area contributed by atoms with Crippen LogP contribution in [0.15, 0.2) is 24.5 Å². The molecular formula is C13H15FN4. The summed E-state index contributed by atoms with van der Waals surface area (Å²) in [4.78, 5) is 3.72. The van der Waals surface area contributed by atoms with E-state index in [4.69, 9.17) is 5.73 Å². The minimum absolute atomic E-state index is 0.401. The van der Waals surface area contributed by atoms with Crippen LogP contribution in [-0.4, -0.2) is 15.2 Å². The second-order valence-electron chi connectivity index (χ2n) is 4.12. The lowest BCUT2D eigenvalue weighted by atomic mass is 9.97. The molecule has 0 saturated heterocycles. The summed E-state index contributed by atoms with van der Waals surface area (Å²) in [5.74, 6) is -0.401. The predicted octanol–water partition coefficient (Wildman–Crippen LogP) is 1.93. The normalized spacial score (nSPS) is 12.4.